The van der Waals surface area contributed by atoms with Gasteiger partial charge in [0, 0.05) is 12.0 Å². The van der Waals surface area contributed by atoms with Crippen LogP contribution in [-0.2, 0) is 9.59 Å². The summed E-state index contributed by atoms with van der Waals surface area (Å²) in [5.41, 5.74) is 6.41. The second-order valence-electron chi connectivity index (χ2n) is 4.99. The molecule has 1 aromatic rings. The van der Waals surface area contributed by atoms with Crippen LogP contribution in [0.1, 0.15) is 19.8 Å². The first kappa shape index (κ1) is 15.6. The molecule has 1 aliphatic rings. The highest BCUT2D eigenvalue weighted by Crippen LogP contribution is 2.36. The van der Waals surface area contributed by atoms with Gasteiger partial charge in [-0.15, -0.1) is 0 Å². The van der Waals surface area contributed by atoms with Crippen molar-refractivity contribution in [3.8, 4) is 5.75 Å². The fourth-order valence-electron chi connectivity index (χ4n) is 2.01. The minimum atomic E-state index is -0.231. The molecule has 114 valence electrons. The largest absolute Gasteiger partial charge is 0.482 e. The summed E-state index contributed by atoms with van der Waals surface area (Å²) in [4.78, 5) is 23.3. The maximum Gasteiger partial charge on any atom is 0.262 e. The lowest BCUT2D eigenvalue weighted by molar-refractivity contribution is -0.120. The van der Waals surface area contributed by atoms with Crippen molar-refractivity contribution in [2.75, 3.05) is 23.8 Å². The number of hydrogen-bond acceptors (Lipinski definition) is 4. The highest BCUT2D eigenvalue weighted by atomic mass is 35.5. The normalized spacial score (nSPS) is 14.7. The molecule has 6 nitrogen and oxygen atoms in total. The average molecular weight is 312 g/mol. The second kappa shape index (κ2) is 6.78. The highest BCUT2D eigenvalue weighted by molar-refractivity contribution is 6.34. The Bertz CT molecular complexity index is 563. The first-order valence-corrected chi connectivity index (χ1v) is 7.16. The predicted molar refractivity (Wildman–Crippen MR) is 81.7 cm³/mol. The van der Waals surface area contributed by atoms with Gasteiger partial charge in [-0.3, -0.25) is 9.59 Å². The second-order valence-corrected chi connectivity index (χ2v) is 5.39. The molecule has 7 heteroatoms. The molecule has 2 amide bonds. The van der Waals surface area contributed by atoms with Gasteiger partial charge in [0.05, 0.1) is 16.4 Å². The van der Waals surface area contributed by atoms with E-state index in [1.807, 2.05) is 6.92 Å². The van der Waals surface area contributed by atoms with E-state index < -0.39 is 0 Å². The molecule has 1 aromatic carbocycles. The Morgan fingerprint density at radius 3 is 3.05 bits per heavy atom. The zero-order chi connectivity index (χ0) is 15.4. The van der Waals surface area contributed by atoms with Gasteiger partial charge in [0.2, 0.25) is 5.91 Å². The van der Waals surface area contributed by atoms with E-state index in [4.69, 9.17) is 22.1 Å². The fourth-order valence-corrected chi connectivity index (χ4v) is 2.22. The molecule has 4 N–H and O–H groups in total. The molecule has 0 spiro atoms. The van der Waals surface area contributed by atoms with Crippen molar-refractivity contribution >= 4 is 34.8 Å². The molecule has 0 saturated heterocycles. The highest BCUT2D eigenvalue weighted by Gasteiger charge is 2.20. The molecule has 1 atom stereocenters. The monoisotopic (exact) mass is 311 g/mol. The van der Waals surface area contributed by atoms with E-state index in [2.05, 4.69) is 10.6 Å². The number of ether oxygens (including phenoxy) is 1. The molecule has 0 aromatic heterocycles. The molecule has 0 saturated carbocycles. The maximum absolute atomic E-state index is 12.1. The van der Waals surface area contributed by atoms with Crippen molar-refractivity contribution in [1.82, 2.24) is 0 Å². The van der Waals surface area contributed by atoms with Gasteiger partial charge >= 0.3 is 0 Å². The van der Waals surface area contributed by atoms with Crippen molar-refractivity contribution in [3.63, 3.8) is 0 Å². The molecule has 0 aliphatic carbocycles. The van der Waals surface area contributed by atoms with Crippen LogP contribution in [0.4, 0.5) is 11.4 Å². The minimum Gasteiger partial charge on any atom is -0.482 e. The Kier molecular flexibility index (Phi) is 5.03. The number of hydrogen-bond donors (Lipinski definition) is 3. The van der Waals surface area contributed by atoms with E-state index in [0.29, 0.717) is 28.7 Å². The van der Waals surface area contributed by atoms with Gasteiger partial charge in [0.15, 0.2) is 6.61 Å². The average Bonchev–Trinajstić information content (AvgIpc) is 2.45. The van der Waals surface area contributed by atoms with Crippen LogP contribution < -0.4 is 21.1 Å². The number of anilines is 2. The topological polar surface area (TPSA) is 93.5 Å². The lowest BCUT2D eigenvalue weighted by atomic mass is 10.0. The smallest absolute Gasteiger partial charge is 0.262 e. The Balaban J connectivity index is 2.10. The number of carbonyl (C=O) groups is 2. The zero-order valence-corrected chi connectivity index (χ0v) is 12.5. The number of fused-ring (bicyclic) bond motifs is 1. The van der Waals surface area contributed by atoms with Crippen LogP contribution in [0.15, 0.2) is 12.1 Å². The summed E-state index contributed by atoms with van der Waals surface area (Å²) in [6.07, 6.45) is 1.51. The number of carbonyl (C=O) groups excluding carboxylic acids is 2. The van der Waals surface area contributed by atoms with Crippen LogP contribution >= 0.6 is 11.6 Å². The Morgan fingerprint density at radius 2 is 2.33 bits per heavy atom. The molecular weight excluding hydrogens is 294 g/mol. The Morgan fingerprint density at radius 1 is 1.57 bits per heavy atom. The van der Waals surface area contributed by atoms with Gasteiger partial charge < -0.3 is 21.1 Å². The van der Waals surface area contributed by atoms with Gasteiger partial charge in [-0.2, -0.15) is 0 Å². The number of nitrogens with two attached hydrogens (primary N) is 1. The maximum atomic E-state index is 12.1. The Hall–Kier alpha value is -1.79. The summed E-state index contributed by atoms with van der Waals surface area (Å²) in [6, 6.07) is 3.18. The van der Waals surface area contributed by atoms with Crippen LogP contribution in [0, 0.1) is 5.92 Å². The summed E-state index contributed by atoms with van der Waals surface area (Å²) in [5, 5.41) is 5.78. The number of amides is 2. The van der Waals surface area contributed by atoms with Crippen molar-refractivity contribution in [2.24, 2.45) is 11.7 Å². The van der Waals surface area contributed by atoms with Gasteiger partial charge in [0.1, 0.15) is 5.75 Å². The number of nitrogens with one attached hydrogen (secondary N) is 2. The summed E-state index contributed by atoms with van der Waals surface area (Å²) in [6.45, 7) is 2.35. The lowest BCUT2D eigenvalue weighted by Crippen LogP contribution is -2.26. The third kappa shape index (κ3) is 3.86. The van der Waals surface area contributed by atoms with Crippen molar-refractivity contribution < 1.29 is 14.3 Å². The number of halogens is 1. The Labute approximate surface area is 128 Å². The zero-order valence-electron chi connectivity index (χ0n) is 11.7. The first-order chi connectivity index (χ1) is 10.0. The summed E-state index contributed by atoms with van der Waals surface area (Å²) in [7, 11) is 0. The number of benzene rings is 1. The fraction of sp³-hybridized carbons (Fsp3) is 0.429. The summed E-state index contributed by atoms with van der Waals surface area (Å²) < 4.78 is 5.30. The van der Waals surface area contributed by atoms with Crippen LogP contribution in [0.3, 0.4) is 0 Å². The molecule has 2 rings (SSSR count). The SMILES string of the molecule is CC(CCCN)C(=O)Nc1cc2c(cc1Cl)NC(=O)CO2. The summed E-state index contributed by atoms with van der Waals surface area (Å²) >= 11 is 6.12. The van der Waals surface area contributed by atoms with Gasteiger partial charge in [-0.05, 0) is 25.5 Å². The molecule has 1 heterocycles. The number of rotatable bonds is 5. The lowest BCUT2D eigenvalue weighted by Gasteiger charge is -2.20. The molecule has 0 fully saturated rings. The van der Waals surface area contributed by atoms with E-state index in [0.717, 1.165) is 12.8 Å². The van der Waals surface area contributed by atoms with E-state index in [1.54, 1.807) is 12.1 Å². The van der Waals surface area contributed by atoms with Gasteiger partial charge in [-0.1, -0.05) is 18.5 Å². The molecule has 0 bridgehead atoms. The molecular formula is C14H18ClN3O3. The van der Waals surface area contributed by atoms with E-state index in [-0.39, 0.29) is 24.3 Å². The van der Waals surface area contributed by atoms with E-state index in [1.165, 1.54) is 0 Å². The quantitative estimate of drug-likeness (QED) is 0.775. The van der Waals surface area contributed by atoms with Crippen molar-refractivity contribution in [3.05, 3.63) is 17.2 Å². The third-order valence-electron chi connectivity index (χ3n) is 3.25. The van der Waals surface area contributed by atoms with Crippen LogP contribution in [0.2, 0.25) is 5.02 Å². The first-order valence-electron chi connectivity index (χ1n) is 6.78. The van der Waals surface area contributed by atoms with Crippen LogP contribution in [0.25, 0.3) is 0 Å². The van der Waals surface area contributed by atoms with Crippen LogP contribution in [-0.4, -0.2) is 25.0 Å². The molecule has 21 heavy (non-hydrogen) atoms. The minimum absolute atomic E-state index is 0.0467. The van der Waals surface area contributed by atoms with E-state index >= 15 is 0 Å². The van der Waals surface area contributed by atoms with Gasteiger partial charge in [0.25, 0.3) is 5.91 Å². The van der Waals surface area contributed by atoms with Crippen molar-refractivity contribution in [1.29, 1.82) is 0 Å². The van der Waals surface area contributed by atoms with Gasteiger partial charge in [-0.25, -0.2) is 0 Å². The molecule has 1 aliphatic heterocycles. The third-order valence-corrected chi connectivity index (χ3v) is 3.56. The molecule has 0 radical (unpaired) electrons. The molecule has 1 unspecified atom stereocenters. The summed E-state index contributed by atoms with van der Waals surface area (Å²) in [5.74, 6) is -0.0129. The predicted octanol–water partition coefficient (Wildman–Crippen LogP) is 1.98. The van der Waals surface area contributed by atoms with Crippen molar-refractivity contribution in [2.45, 2.75) is 19.8 Å². The standard InChI is InChI=1S/C14H18ClN3O3/c1-8(3-2-4-16)14(20)18-10-6-12-11(5-9(10)15)17-13(19)7-21-12/h5-6,8H,2-4,7,16H2,1H3,(H,17,19)(H,18,20). The van der Waals surface area contributed by atoms with E-state index in [9.17, 15) is 9.59 Å². The van der Waals surface area contributed by atoms with Crippen LogP contribution in [0.5, 0.6) is 5.75 Å².